The van der Waals surface area contributed by atoms with Gasteiger partial charge in [-0.15, -0.1) is 0 Å². The summed E-state index contributed by atoms with van der Waals surface area (Å²) in [5, 5.41) is 11.2. The Balaban J connectivity index is 2.10. The SMILES string of the molecule is COc1ccc(OC)c([C@@H]2[C@H]3CCCC[C@@]3(O)CCN2C(C)=O)c1. The van der Waals surface area contributed by atoms with Crippen molar-refractivity contribution in [3.8, 4) is 11.5 Å². The van der Waals surface area contributed by atoms with E-state index in [9.17, 15) is 9.90 Å². The summed E-state index contributed by atoms with van der Waals surface area (Å²) in [6.07, 6.45) is 4.52. The Morgan fingerprint density at radius 1 is 1.25 bits per heavy atom. The van der Waals surface area contributed by atoms with Gasteiger partial charge in [0.2, 0.25) is 5.91 Å². The van der Waals surface area contributed by atoms with Crippen LogP contribution in [0.3, 0.4) is 0 Å². The number of carbonyl (C=O) groups is 1. The minimum atomic E-state index is -0.692. The number of hydrogen-bond acceptors (Lipinski definition) is 4. The van der Waals surface area contributed by atoms with Crippen molar-refractivity contribution in [2.24, 2.45) is 5.92 Å². The quantitative estimate of drug-likeness (QED) is 0.924. The maximum Gasteiger partial charge on any atom is 0.219 e. The zero-order valence-corrected chi connectivity index (χ0v) is 14.7. The van der Waals surface area contributed by atoms with Crippen molar-refractivity contribution in [3.63, 3.8) is 0 Å². The van der Waals surface area contributed by atoms with Gasteiger partial charge in [0.25, 0.3) is 0 Å². The molecule has 2 aliphatic rings. The van der Waals surface area contributed by atoms with Crippen LogP contribution in [0.1, 0.15) is 50.6 Å². The van der Waals surface area contributed by atoms with Crippen LogP contribution in [0.25, 0.3) is 0 Å². The summed E-state index contributed by atoms with van der Waals surface area (Å²) in [4.78, 5) is 14.2. The molecule has 5 nitrogen and oxygen atoms in total. The molecular weight excluding hydrogens is 306 g/mol. The molecule has 1 aliphatic carbocycles. The molecule has 1 saturated heterocycles. The maximum absolute atomic E-state index is 12.3. The molecule has 2 fully saturated rings. The Morgan fingerprint density at radius 2 is 2.04 bits per heavy atom. The van der Waals surface area contributed by atoms with Gasteiger partial charge >= 0.3 is 0 Å². The highest BCUT2D eigenvalue weighted by molar-refractivity contribution is 5.74. The van der Waals surface area contributed by atoms with Gasteiger partial charge in [-0.05, 0) is 37.5 Å². The van der Waals surface area contributed by atoms with Crippen LogP contribution >= 0.6 is 0 Å². The van der Waals surface area contributed by atoms with Crippen LogP contribution in [0, 0.1) is 5.92 Å². The molecule has 1 N–H and O–H groups in total. The third kappa shape index (κ3) is 2.86. The average Bonchev–Trinajstić information content (AvgIpc) is 2.59. The monoisotopic (exact) mass is 333 g/mol. The highest BCUT2D eigenvalue weighted by atomic mass is 16.5. The average molecular weight is 333 g/mol. The van der Waals surface area contributed by atoms with Gasteiger partial charge in [0.1, 0.15) is 11.5 Å². The predicted molar refractivity (Wildman–Crippen MR) is 91.2 cm³/mol. The van der Waals surface area contributed by atoms with E-state index in [0.29, 0.717) is 13.0 Å². The molecule has 3 atom stereocenters. The third-order valence-electron chi connectivity index (χ3n) is 5.73. The Labute approximate surface area is 143 Å². The number of hydrogen-bond donors (Lipinski definition) is 1. The van der Waals surface area contributed by atoms with Crippen LogP contribution in [0.15, 0.2) is 18.2 Å². The Morgan fingerprint density at radius 3 is 2.71 bits per heavy atom. The molecule has 0 bridgehead atoms. The summed E-state index contributed by atoms with van der Waals surface area (Å²) >= 11 is 0. The molecule has 1 amide bonds. The van der Waals surface area contributed by atoms with Gasteiger partial charge in [0.15, 0.2) is 0 Å². The molecule has 0 spiro atoms. The van der Waals surface area contributed by atoms with Gasteiger partial charge in [0.05, 0.1) is 25.9 Å². The highest BCUT2D eigenvalue weighted by Crippen LogP contribution is 2.51. The van der Waals surface area contributed by atoms with Gasteiger partial charge in [-0.2, -0.15) is 0 Å². The topological polar surface area (TPSA) is 59.0 Å². The second-order valence-corrected chi connectivity index (χ2v) is 6.97. The van der Waals surface area contributed by atoms with Gasteiger partial charge < -0.3 is 19.5 Å². The van der Waals surface area contributed by atoms with E-state index in [2.05, 4.69) is 0 Å². The van der Waals surface area contributed by atoms with E-state index in [1.807, 2.05) is 23.1 Å². The van der Waals surface area contributed by atoms with Crippen LogP contribution < -0.4 is 9.47 Å². The fourth-order valence-corrected chi connectivity index (χ4v) is 4.49. The number of nitrogens with zero attached hydrogens (tertiary/aromatic N) is 1. The summed E-state index contributed by atoms with van der Waals surface area (Å²) in [6, 6.07) is 5.51. The standard InChI is InChI=1S/C19H27NO4/c1-13(21)20-11-10-19(22)9-5-4-6-16(19)18(20)15-12-14(23-2)7-8-17(15)24-3/h7-8,12,16,18,22H,4-6,9-11H2,1-3H3/t16-,18-,19-/m1/s1. The first kappa shape index (κ1) is 17.1. The molecular formula is C19H27NO4. The smallest absolute Gasteiger partial charge is 0.219 e. The zero-order valence-electron chi connectivity index (χ0n) is 14.7. The first-order valence-electron chi connectivity index (χ1n) is 8.71. The number of fused-ring (bicyclic) bond motifs is 1. The van der Waals surface area contributed by atoms with Gasteiger partial charge in [0, 0.05) is 24.9 Å². The first-order valence-corrected chi connectivity index (χ1v) is 8.71. The fraction of sp³-hybridized carbons (Fsp3) is 0.632. The summed E-state index contributed by atoms with van der Waals surface area (Å²) < 4.78 is 10.9. The summed E-state index contributed by atoms with van der Waals surface area (Å²) in [5.74, 6) is 1.54. The van der Waals surface area contributed by atoms with E-state index in [4.69, 9.17) is 9.47 Å². The van der Waals surface area contributed by atoms with Crippen LogP contribution in [0.5, 0.6) is 11.5 Å². The number of likely N-dealkylation sites (tertiary alicyclic amines) is 1. The van der Waals surface area contributed by atoms with Crippen LogP contribution in [-0.2, 0) is 4.79 Å². The Kier molecular flexibility index (Phi) is 4.72. The minimum Gasteiger partial charge on any atom is -0.497 e. The van der Waals surface area contributed by atoms with E-state index >= 15 is 0 Å². The number of rotatable bonds is 3. The first-order chi connectivity index (χ1) is 11.5. The van der Waals surface area contributed by atoms with E-state index in [-0.39, 0.29) is 17.9 Å². The molecule has 132 valence electrons. The van der Waals surface area contributed by atoms with Gasteiger partial charge in [-0.25, -0.2) is 0 Å². The molecule has 0 aromatic heterocycles. The molecule has 1 saturated carbocycles. The van der Waals surface area contributed by atoms with Crippen molar-refractivity contribution in [1.29, 1.82) is 0 Å². The third-order valence-corrected chi connectivity index (χ3v) is 5.73. The number of amides is 1. The van der Waals surface area contributed by atoms with Crippen molar-refractivity contribution in [2.45, 2.75) is 50.7 Å². The lowest BCUT2D eigenvalue weighted by Gasteiger charge is -2.52. The minimum absolute atomic E-state index is 0.0323. The lowest BCUT2D eigenvalue weighted by atomic mass is 9.66. The second-order valence-electron chi connectivity index (χ2n) is 6.97. The molecule has 1 heterocycles. The van der Waals surface area contributed by atoms with Gasteiger partial charge in [-0.3, -0.25) is 4.79 Å². The lowest BCUT2D eigenvalue weighted by molar-refractivity contribution is -0.153. The number of benzene rings is 1. The van der Waals surface area contributed by atoms with Crippen molar-refractivity contribution in [1.82, 2.24) is 4.90 Å². The molecule has 1 aliphatic heterocycles. The Bertz CT molecular complexity index is 617. The molecule has 3 rings (SSSR count). The van der Waals surface area contributed by atoms with E-state index < -0.39 is 5.60 Å². The summed E-state index contributed by atoms with van der Waals surface area (Å²) in [7, 11) is 3.27. The number of aliphatic hydroxyl groups is 1. The predicted octanol–water partition coefficient (Wildman–Crippen LogP) is 2.92. The van der Waals surface area contributed by atoms with E-state index in [1.165, 1.54) is 0 Å². The van der Waals surface area contributed by atoms with Crippen molar-refractivity contribution in [3.05, 3.63) is 23.8 Å². The maximum atomic E-state index is 12.3. The van der Waals surface area contributed by atoms with Crippen molar-refractivity contribution < 1.29 is 19.4 Å². The summed E-state index contributed by atoms with van der Waals surface area (Å²) in [6.45, 7) is 2.18. The largest absolute Gasteiger partial charge is 0.497 e. The lowest BCUT2D eigenvalue weighted by Crippen LogP contribution is -2.55. The molecule has 5 heteroatoms. The fourth-order valence-electron chi connectivity index (χ4n) is 4.49. The Hall–Kier alpha value is -1.75. The molecule has 1 aromatic carbocycles. The number of carbonyl (C=O) groups excluding carboxylic acids is 1. The summed E-state index contributed by atoms with van der Waals surface area (Å²) in [5.41, 5.74) is 0.236. The van der Waals surface area contributed by atoms with Gasteiger partial charge in [-0.1, -0.05) is 12.8 Å². The van der Waals surface area contributed by atoms with E-state index in [0.717, 1.165) is 42.7 Å². The normalized spacial score (nSPS) is 29.8. The van der Waals surface area contributed by atoms with Crippen molar-refractivity contribution in [2.75, 3.05) is 20.8 Å². The van der Waals surface area contributed by atoms with Crippen LogP contribution in [0.4, 0.5) is 0 Å². The molecule has 0 unspecified atom stereocenters. The molecule has 24 heavy (non-hydrogen) atoms. The van der Waals surface area contributed by atoms with Crippen molar-refractivity contribution >= 4 is 5.91 Å². The highest BCUT2D eigenvalue weighted by Gasteiger charge is 2.50. The number of ether oxygens (including phenoxy) is 2. The molecule has 1 aromatic rings. The van der Waals surface area contributed by atoms with Crippen LogP contribution in [0.2, 0.25) is 0 Å². The second kappa shape index (κ2) is 6.63. The van der Waals surface area contributed by atoms with E-state index in [1.54, 1.807) is 21.1 Å². The number of piperidine rings is 1. The zero-order chi connectivity index (χ0) is 17.3. The van der Waals surface area contributed by atoms with Crippen LogP contribution in [-0.4, -0.2) is 42.3 Å². The molecule has 0 radical (unpaired) electrons. The number of methoxy groups -OCH3 is 2.